The molecule has 2 aromatic rings. The van der Waals surface area contributed by atoms with Crippen molar-refractivity contribution >= 4 is 34.9 Å². The van der Waals surface area contributed by atoms with Gasteiger partial charge >= 0.3 is 5.97 Å². The van der Waals surface area contributed by atoms with E-state index in [0.717, 1.165) is 75.6 Å². The topological polar surface area (TPSA) is 51.2 Å². The van der Waals surface area contributed by atoms with Gasteiger partial charge in [0.25, 0.3) is 0 Å². The minimum absolute atomic E-state index is 0.208. The second-order valence-electron chi connectivity index (χ2n) is 11.0. The molecule has 4 rings (SSSR count). The summed E-state index contributed by atoms with van der Waals surface area (Å²) in [6.45, 7) is 10.7. The maximum absolute atomic E-state index is 12.6. The Labute approximate surface area is 230 Å². The van der Waals surface area contributed by atoms with Crippen LogP contribution in [0.3, 0.4) is 0 Å². The Hall–Kier alpha value is -2.15. The van der Waals surface area contributed by atoms with Gasteiger partial charge in [0.05, 0.1) is 28.4 Å². The zero-order valence-electron chi connectivity index (χ0n) is 22.3. The molecule has 0 unspecified atom stereocenters. The molecular formula is C29H38Cl2N2O4. The van der Waals surface area contributed by atoms with Crippen LogP contribution in [0.1, 0.15) is 56.8 Å². The third kappa shape index (κ3) is 7.68. The summed E-state index contributed by atoms with van der Waals surface area (Å²) in [7, 11) is 1.67. The van der Waals surface area contributed by atoms with E-state index in [9.17, 15) is 4.79 Å². The Morgan fingerprint density at radius 3 is 2.27 bits per heavy atom. The van der Waals surface area contributed by atoms with E-state index < -0.39 is 5.60 Å². The number of esters is 1. The van der Waals surface area contributed by atoms with E-state index in [2.05, 4.69) is 9.80 Å². The number of halogens is 2. The lowest BCUT2D eigenvalue weighted by atomic mass is 9.94. The highest BCUT2D eigenvalue weighted by Crippen LogP contribution is 2.34. The van der Waals surface area contributed by atoms with Gasteiger partial charge in [0, 0.05) is 38.8 Å². The fourth-order valence-corrected chi connectivity index (χ4v) is 5.36. The van der Waals surface area contributed by atoms with E-state index in [0.29, 0.717) is 21.5 Å². The predicted molar refractivity (Wildman–Crippen MR) is 150 cm³/mol. The normalized spacial score (nSPS) is 18.1. The molecule has 0 atom stereocenters. The van der Waals surface area contributed by atoms with Crippen LogP contribution in [0.15, 0.2) is 36.4 Å². The predicted octanol–water partition coefficient (Wildman–Crippen LogP) is 6.72. The monoisotopic (exact) mass is 548 g/mol. The molecule has 2 fully saturated rings. The van der Waals surface area contributed by atoms with Crippen LogP contribution in [0.25, 0.3) is 0 Å². The molecular weight excluding hydrogens is 511 g/mol. The van der Waals surface area contributed by atoms with Crippen LogP contribution in [0.5, 0.6) is 11.5 Å². The molecule has 2 heterocycles. The quantitative estimate of drug-likeness (QED) is 0.358. The maximum atomic E-state index is 12.6. The lowest BCUT2D eigenvalue weighted by Crippen LogP contribution is -2.43. The Balaban J connectivity index is 1.26. The Morgan fingerprint density at radius 1 is 0.946 bits per heavy atom. The molecule has 2 aliphatic heterocycles. The van der Waals surface area contributed by atoms with Crippen molar-refractivity contribution in [3.63, 3.8) is 0 Å². The van der Waals surface area contributed by atoms with Gasteiger partial charge in [-0.25, -0.2) is 4.79 Å². The average molecular weight is 550 g/mol. The van der Waals surface area contributed by atoms with Gasteiger partial charge in [-0.2, -0.15) is 0 Å². The van der Waals surface area contributed by atoms with Crippen molar-refractivity contribution in [3.05, 3.63) is 52.0 Å². The molecule has 0 radical (unpaired) electrons. The first-order valence-electron chi connectivity index (χ1n) is 13.1. The Bertz CT molecular complexity index is 1070. The number of carbonyl (C=O) groups excluding carboxylic acids is 1. The van der Waals surface area contributed by atoms with Gasteiger partial charge < -0.3 is 24.0 Å². The molecule has 37 heavy (non-hydrogen) atoms. The highest BCUT2D eigenvalue weighted by molar-refractivity contribution is 6.42. The summed E-state index contributed by atoms with van der Waals surface area (Å²) in [5.74, 6) is 1.92. The van der Waals surface area contributed by atoms with Crippen molar-refractivity contribution in [1.29, 1.82) is 0 Å². The minimum Gasteiger partial charge on any atom is -0.495 e. The van der Waals surface area contributed by atoms with Crippen molar-refractivity contribution in [2.45, 2.75) is 58.2 Å². The van der Waals surface area contributed by atoms with Crippen molar-refractivity contribution in [2.24, 2.45) is 5.92 Å². The fourth-order valence-electron chi connectivity index (χ4n) is 5.08. The first-order chi connectivity index (χ1) is 17.6. The standard InChI is InChI=1S/C29H38Cl2N2O4/c1-29(2,3)37-28(34)21-5-8-27(35-4)26(17-21)33-15-9-20(10-16-33)19-32-13-11-22(12-14-32)36-23-6-7-24(30)25(31)18-23/h5-8,17-18,20,22H,9-16,19H2,1-4H3. The fraction of sp³-hybridized carbons (Fsp3) is 0.552. The Kier molecular flexibility index (Phi) is 9.15. The number of ether oxygens (including phenoxy) is 3. The number of hydrogen-bond donors (Lipinski definition) is 0. The second-order valence-corrected chi connectivity index (χ2v) is 11.8. The molecule has 0 bridgehead atoms. The summed E-state index contributed by atoms with van der Waals surface area (Å²) in [5, 5.41) is 1.07. The van der Waals surface area contributed by atoms with Crippen molar-refractivity contribution in [1.82, 2.24) is 4.90 Å². The number of benzene rings is 2. The van der Waals surface area contributed by atoms with Gasteiger partial charge in [-0.05, 0) is 82.7 Å². The average Bonchev–Trinajstić information content (AvgIpc) is 2.86. The second kappa shape index (κ2) is 12.1. The van der Waals surface area contributed by atoms with E-state index in [-0.39, 0.29) is 12.1 Å². The van der Waals surface area contributed by atoms with E-state index in [1.807, 2.05) is 39.0 Å². The molecule has 202 valence electrons. The molecule has 2 aliphatic rings. The number of nitrogens with zero attached hydrogens (tertiary/aromatic N) is 2. The van der Waals surface area contributed by atoms with Gasteiger partial charge in [0.15, 0.2) is 0 Å². The highest BCUT2D eigenvalue weighted by Gasteiger charge is 2.27. The van der Waals surface area contributed by atoms with Gasteiger partial charge in [-0.3, -0.25) is 0 Å². The van der Waals surface area contributed by atoms with Crippen LogP contribution in [0, 0.1) is 5.92 Å². The molecule has 0 amide bonds. The minimum atomic E-state index is -0.528. The van der Waals surface area contributed by atoms with Gasteiger partial charge in [0.2, 0.25) is 0 Å². The van der Waals surface area contributed by atoms with E-state index >= 15 is 0 Å². The van der Waals surface area contributed by atoms with Gasteiger partial charge in [-0.15, -0.1) is 0 Å². The third-order valence-electron chi connectivity index (χ3n) is 7.01. The lowest BCUT2D eigenvalue weighted by Gasteiger charge is -2.38. The summed E-state index contributed by atoms with van der Waals surface area (Å²) in [4.78, 5) is 17.5. The number of anilines is 1. The number of piperidine rings is 2. The number of hydrogen-bond acceptors (Lipinski definition) is 6. The van der Waals surface area contributed by atoms with Gasteiger partial charge in [0.1, 0.15) is 23.2 Å². The smallest absolute Gasteiger partial charge is 0.338 e. The molecule has 0 spiro atoms. The van der Waals surface area contributed by atoms with Crippen LogP contribution in [-0.4, -0.2) is 62.4 Å². The maximum Gasteiger partial charge on any atom is 0.338 e. The van der Waals surface area contributed by atoms with Crippen molar-refractivity contribution in [2.75, 3.05) is 44.7 Å². The summed E-state index contributed by atoms with van der Waals surface area (Å²) < 4.78 is 17.3. The third-order valence-corrected chi connectivity index (χ3v) is 7.75. The van der Waals surface area contributed by atoms with E-state index in [4.69, 9.17) is 37.4 Å². The SMILES string of the molecule is COc1ccc(C(=O)OC(C)(C)C)cc1N1CCC(CN2CCC(Oc3ccc(Cl)c(Cl)c3)CC2)CC1. The summed E-state index contributed by atoms with van der Waals surface area (Å²) in [6.07, 6.45) is 4.45. The lowest BCUT2D eigenvalue weighted by molar-refractivity contribution is 0.00695. The van der Waals surface area contributed by atoms with E-state index in [1.54, 1.807) is 25.3 Å². The molecule has 2 saturated heterocycles. The van der Waals surface area contributed by atoms with Gasteiger partial charge in [-0.1, -0.05) is 23.2 Å². The molecule has 0 aromatic heterocycles. The first kappa shape index (κ1) is 27.9. The first-order valence-corrected chi connectivity index (χ1v) is 13.9. The number of methoxy groups -OCH3 is 1. The van der Waals surface area contributed by atoms with Crippen LogP contribution >= 0.6 is 23.2 Å². The largest absolute Gasteiger partial charge is 0.495 e. The molecule has 2 aromatic carbocycles. The molecule has 0 saturated carbocycles. The summed E-state index contributed by atoms with van der Waals surface area (Å²) in [6, 6.07) is 11.0. The van der Waals surface area contributed by atoms with Crippen molar-refractivity contribution in [3.8, 4) is 11.5 Å². The van der Waals surface area contributed by atoms with Crippen LogP contribution in [0.2, 0.25) is 10.0 Å². The van der Waals surface area contributed by atoms with Crippen LogP contribution < -0.4 is 14.4 Å². The molecule has 0 aliphatic carbocycles. The zero-order chi connectivity index (χ0) is 26.6. The van der Waals surface area contributed by atoms with Crippen LogP contribution in [0.4, 0.5) is 5.69 Å². The molecule has 0 N–H and O–H groups in total. The number of carbonyl (C=O) groups is 1. The summed E-state index contributed by atoms with van der Waals surface area (Å²) in [5.41, 5.74) is 0.989. The number of likely N-dealkylation sites (tertiary alicyclic amines) is 1. The summed E-state index contributed by atoms with van der Waals surface area (Å²) >= 11 is 12.1. The van der Waals surface area contributed by atoms with E-state index in [1.165, 1.54) is 0 Å². The number of rotatable bonds is 7. The highest BCUT2D eigenvalue weighted by atomic mass is 35.5. The molecule has 8 heteroatoms. The van der Waals surface area contributed by atoms with Crippen LogP contribution in [-0.2, 0) is 4.74 Å². The zero-order valence-corrected chi connectivity index (χ0v) is 23.8. The van der Waals surface area contributed by atoms with Crippen molar-refractivity contribution < 1.29 is 19.0 Å². The molecule has 6 nitrogen and oxygen atoms in total. The Morgan fingerprint density at radius 2 is 1.65 bits per heavy atom.